The number of unbranched alkanes of at least 4 members (excludes halogenated alkanes) is 15. The van der Waals surface area contributed by atoms with Gasteiger partial charge in [0.1, 0.15) is 5.69 Å². The van der Waals surface area contributed by atoms with Crippen molar-refractivity contribution in [1.82, 2.24) is 14.5 Å². The first-order valence-corrected chi connectivity index (χ1v) is 13.8. The van der Waals surface area contributed by atoms with Crippen molar-refractivity contribution in [2.75, 3.05) is 0 Å². The fraction of sp³-hybridized carbons (Fsp3) is 0.600. The summed E-state index contributed by atoms with van der Waals surface area (Å²) in [4.78, 5) is 9.42. The Morgan fingerprint density at radius 1 is 0.606 bits per heavy atom. The summed E-state index contributed by atoms with van der Waals surface area (Å²) in [7, 11) is 0. The number of benzene rings is 1. The van der Waals surface area contributed by atoms with Gasteiger partial charge in [0, 0.05) is 12.7 Å². The second-order valence-corrected chi connectivity index (χ2v) is 9.59. The molecule has 0 bridgehead atoms. The van der Waals surface area contributed by atoms with Crippen LogP contribution in [0.1, 0.15) is 110 Å². The molecule has 0 atom stereocenters. The molecule has 0 unspecified atom stereocenters. The molecule has 0 amide bonds. The zero-order chi connectivity index (χ0) is 23.0. The van der Waals surface area contributed by atoms with E-state index in [-0.39, 0.29) is 0 Å². The first-order valence-electron chi connectivity index (χ1n) is 13.8. The molecule has 2 heterocycles. The van der Waals surface area contributed by atoms with E-state index in [0.29, 0.717) is 0 Å². The lowest BCUT2D eigenvalue weighted by Crippen LogP contribution is -2.02. The van der Waals surface area contributed by atoms with Crippen LogP contribution < -0.4 is 0 Å². The Hall–Kier alpha value is -2.16. The minimum Gasteiger partial charge on any atom is -0.323 e. The topological polar surface area (TPSA) is 30.7 Å². The summed E-state index contributed by atoms with van der Waals surface area (Å²) in [5.41, 5.74) is 3.25. The average molecular weight is 448 g/mol. The monoisotopic (exact) mass is 447 g/mol. The number of fused-ring (bicyclic) bond motifs is 1. The zero-order valence-electron chi connectivity index (χ0n) is 21.0. The SMILES string of the molecule is CCCCCCCCCCCCCCCCCCn1c(-c2ccccn2)nc2ccccc21. The number of pyridine rings is 1. The van der Waals surface area contributed by atoms with Gasteiger partial charge in [-0.1, -0.05) is 121 Å². The highest BCUT2D eigenvalue weighted by Crippen LogP contribution is 2.24. The van der Waals surface area contributed by atoms with E-state index >= 15 is 0 Å². The summed E-state index contributed by atoms with van der Waals surface area (Å²) in [6, 6.07) is 14.5. The van der Waals surface area contributed by atoms with Gasteiger partial charge in [-0.05, 0) is 30.7 Å². The normalized spacial score (nSPS) is 11.4. The van der Waals surface area contributed by atoms with Gasteiger partial charge in [-0.3, -0.25) is 4.98 Å². The minimum absolute atomic E-state index is 0.963. The molecule has 3 heteroatoms. The van der Waals surface area contributed by atoms with Crippen molar-refractivity contribution >= 4 is 11.0 Å². The number of aryl methyl sites for hydroxylation is 1. The summed E-state index contributed by atoms with van der Waals surface area (Å²) >= 11 is 0. The Morgan fingerprint density at radius 3 is 1.73 bits per heavy atom. The maximum absolute atomic E-state index is 4.88. The van der Waals surface area contributed by atoms with Crippen molar-refractivity contribution in [3.05, 3.63) is 48.7 Å². The van der Waals surface area contributed by atoms with Crippen molar-refractivity contribution in [2.24, 2.45) is 0 Å². The molecule has 0 aliphatic rings. The lowest BCUT2D eigenvalue weighted by atomic mass is 10.0. The zero-order valence-corrected chi connectivity index (χ0v) is 21.0. The van der Waals surface area contributed by atoms with Crippen molar-refractivity contribution in [3.63, 3.8) is 0 Å². The molecule has 3 nitrogen and oxygen atoms in total. The highest BCUT2D eigenvalue weighted by Gasteiger charge is 2.12. The molecule has 33 heavy (non-hydrogen) atoms. The van der Waals surface area contributed by atoms with Gasteiger partial charge in [-0.25, -0.2) is 4.98 Å². The average Bonchev–Trinajstić information content (AvgIpc) is 3.23. The highest BCUT2D eigenvalue weighted by atomic mass is 15.1. The van der Waals surface area contributed by atoms with Crippen LogP contribution >= 0.6 is 0 Å². The Morgan fingerprint density at radius 2 is 1.15 bits per heavy atom. The van der Waals surface area contributed by atoms with E-state index in [2.05, 4.69) is 46.8 Å². The molecule has 2 aromatic heterocycles. The fourth-order valence-electron chi connectivity index (χ4n) is 4.81. The van der Waals surface area contributed by atoms with E-state index in [0.717, 1.165) is 23.6 Å². The Bertz CT molecular complexity index is 884. The van der Waals surface area contributed by atoms with Gasteiger partial charge in [-0.2, -0.15) is 0 Å². The van der Waals surface area contributed by atoms with Crippen molar-refractivity contribution in [2.45, 2.75) is 116 Å². The second-order valence-electron chi connectivity index (χ2n) is 9.59. The van der Waals surface area contributed by atoms with Crippen molar-refractivity contribution < 1.29 is 0 Å². The standard InChI is InChI=1S/C30H45N3/c1-2-3-4-5-6-7-8-9-10-11-12-13-14-15-16-21-26-33-29-24-18-17-22-27(29)32-30(33)28-23-19-20-25-31-28/h17-20,22-25H,2-16,21,26H2,1H3. The number of aromatic nitrogens is 3. The van der Waals surface area contributed by atoms with Gasteiger partial charge in [-0.15, -0.1) is 0 Å². The molecule has 180 valence electrons. The molecule has 0 spiro atoms. The van der Waals surface area contributed by atoms with Gasteiger partial charge in [0.05, 0.1) is 11.0 Å². The number of nitrogens with zero attached hydrogens (tertiary/aromatic N) is 3. The molecule has 0 N–H and O–H groups in total. The summed E-state index contributed by atoms with van der Waals surface area (Å²) in [5, 5.41) is 0. The first-order chi connectivity index (χ1) is 16.4. The van der Waals surface area contributed by atoms with Gasteiger partial charge in [0.2, 0.25) is 0 Å². The van der Waals surface area contributed by atoms with E-state index in [1.54, 1.807) is 0 Å². The number of imidazole rings is 1. The fourth-order valence-corrected chi connectivity index (χ4v) is 4.81. The number of hydrogen-bond donors (Lipinski definition) is 0. The maximum atomic E-state index is 4.88. The molecule has 0 aliphatic carbocycles. The molecule has 3 rings (SSSR count). The Balaban J connectivity index is 1.26. The van der Waals surface area contributed by atoms with E-state index in [1.165, 1.54) is 108 Å². The quantitative estimate of drug-likeness (QED) is 0.182. The molecule has 1 aromatic carbocycles. The summed E-state index contributed by atoms with van der Waals surface area (Å²) in [5.74, 6) is 0.998. The molecule has 0 aliphatic heterocycles. The molecular weight excluding hydrogens is 402 g/mol. The van der Waals surface area contributed by atoms with Gasteiger partial charge >= 0.3 is 0 Å². The van der Waals surface area contributed by atoms with Crippen LogP contribution in [-0.2, 0) is 6.54 Å². The van der Waals surface area contributed by atoms with Crippen LogP contribution in [0.3, 0.4) is 0 Å². The van der Waals surface area contributed by atoms with Crippen LogP contribution in [0.5, 0.6) is 0 Å². The van der Waals surface area contributed by atoms with Crippen LogP contribution in [0, 0.1) is 0 Å². The Labute approximate surface area is 202 Å². The second kappa shape index (κ2) is 15.6. The predicted molar refractivity (Wildman–Crippen MR) is 143 cm³/mol. The Kier molecular flexibility index (Phi) is 12.1. The van der Waals surface area contributed by atoms with Crippen LogP contribution in [0.2, 0.25) is 0 Å². The lowest BCUT2D eigenvalue weighted by Gasteiger charge is -2.09. The summed E-state index contributed by atoms with van der Waals surface area (Å²) < 4.78 is 2.36. The molecular formula is C30H45N3. The summed E-state index contributed by atoms with van der Waals surface area (Å²) in [6.45, 7) is 3.31. The highest BCUT2D eigenvalue weighted by molar-refractivity contribution is 5.79. The largest absolute Gasteiger partial charge is 0.323 e. The number of rotatable bonds is 18. The smallest absolute Gasteiger partial charge is 0.159 e. The van der Waals surface area contributed by atoms with E-state index in [9.17, 15) is 0 Å². The molecule has 0 radical (unpaired) electrons. The molecule has 0 saturated heterocycles. The minimum atomic E-state index is 0.963. The van der Waals surface area contributed by atoms with Gasteiger partial charge < -0.3 is 4.57 Å². The van der Waals surface area contributed by atoms with Crippen molar-refractivity contribution in [1.29, 1.82) is 0 Å². The van der Waals surface area contributed by atoms with Crippen LogP contribution in [0.25, 0.3) is 22.6 Å². The molecule has 0 saturated carbocycles. The van der Waals surface area contributed by atoms with Crippen LogP contribution in [-0.4, -0.2) is 14.5 Å². The first kappa shape index (κ1) is 25.5. The molecule has 3 aromatic rings. The van der Waals surface area contributed by atoms with Crippen LogP contribution in [0.4, 0.5) is 0 Å². The third-order valence-electron chi connectivity index (χ3n) is 6.78. The number of hydrogen-bond acceptors (Lipinski definition) is 2. The lowest BCUT2D eigenvalue weighted by molar-refractivity contribution is 0.523. The van der Waals surface area contributed by atoms with Gasteiger partial charge in [0.25, 0.3) is 0 Å². The summed E-state index contributed by atoms with van der Waals surface area (Å²) in [6.07, 6.45) is 24.3. The molecule has 0 fully saturated rings. The third-order valence-corrected chi connectivity index (χ3v) is 6.78. The number of para-hydroxylation sites is 2. The predicted octanol–water partition coefficient (Wildman–Crippen LogP) is 9.36. The third kappa shape index (κ3) is 8.95. The van der Waals surface area contributed by atoms with Crippen molar-refractivity contribution in [3.8, 4) is 11.5 Å². The van der Waals surface area contributed by atoms with E-state index < -0.39 is 0 Å². The van der Waals surface area contributed by atoms with E-state index in [1.807, 2.05) is 18.3 Å². The van der Waals surface area contributed by atoms with E-state index in [4.69, 9.17) is 4.98 Å². The van der Waals surface area contributed by atoms with Crippen LogP contribution in [0.15, 0.2) is 48.7 Å². The van der Waals surface area contributed by atoms with Gasteiger partial charge in [0.15, 0.2) is 5.82 Å². The maximum Gasteiger partial charge on any atom is 0.159 e.